The third-order valence-corrected chi connectivity index (χ3v) is 5.88. The van der Waals surface area contributed by atoms with Crippen LogP contribution in [0.4, 0.5) is 0 Å². The minimum absolute atomic E-state index is 0.0609. The monoisotopic (exact) mass is 387 g/mol. The molecular formula is C14H31NO7P2. The maximum Gasteiger partial charge on any atom is 0.248 e. The van der Waals surface area contributed by atoms with Gasteiger partial charge < -0.3 is 38.4 Å². The summed E-state index contributed by atoms with van der Waals surface area (Å²) in [5.41, 5.74) is 5.43. The topological polar surface area (TPSA) is 113 Å². The lowest BCUT2D eigenvalue weighted by molar-refractivity contribution is 0.00855. The summed E-state index contributed by atoms with van der Waals surface area (Å²) in [7, 11) is -4.92. The molecule has 1 rings (SSSR count). The number of hydrogen-bond acceptors (Lipinski definition) is 8. The highest BCUT2D eigenvalue weighted by Crippen LogP contribution is 2.47. The molecule has 4 N–H and O–H groups in total. The summed E-state index contributed by atoms with van der Waals surface area (Å²) in [6, 6.07) is 0. The molecule has 0 aromatic carbocycles. The molecule has 4 unspecified atom stereocenters. The van der Waals surface area contributed by atoms with Crippen LogP contribution in [0.25, 0.3) is 0 Å². The molecule has 4 atom stereocenters. The van der Waals surface area contributed by atoms with Crippen molar-refractivity contribution in [3.63, 3.8) is 0 Å². The van der Waals surface area contributed by atoms with E-state index in [1.807, 2.05) is 0 Å². The molecule has 1 fully saturated rings. The van der Waals surface area contributed by atoms with E-state index in [2.05, 4.69) is 12.6 Å². The maximum absolute atomic E-state index is 10.2. The van der Waals surface area contributed by atoms with Crippen LogP contribution in [0.3, 0.4) is 0 Å². The van der Waals surface area contributed by atoms with E-state index in [0.29, 0.717) is 26.2 Å². The van der Waals surface area contributed by atoms with Crippen LogP contribution in [0, 0.1) is 0 Å². The van der Waals surface area contributed by atoms with Crippen molar-refractivity contribution < 1.29 is 32.6 Å². The van der Waals surface area contributed by atoms with Gasteiger partial charge in [0.2, 0.25) is 15.1 Å². The Bertz CT molecular complexity index is 449. The third kappa shape index (κ3) is 9.11. The van der Waals surface area contributed by atoms with E-state index in [0.717, 1.165) is 25.7 Å². The fourth-order valence-electron chi connectivity index (χ4n) is 2.20. The molecule has 10 heteroatoms. The molecule has 0 spiro atoms. The van der Waals surface area contributed by atoms with Crippen LogP contribution in [-0.2, 0) is 22.8 Å². The first-order chi connectivity index (χ1) is 11.3. The van der Waals surface area contributed by atoms with Crippen LogP contribution in [0.2, 0.25) is 0 Å². The van der Waals surface area contributed by atoms with Crippen molar-refractivity contribution in [1.29, 1.82) is 0 Å². The Hall–Kier alpha value is 0.280. The fourth-order valence-corrected chi connectivity index (χ4v) is 3.82. The third-order valence-electron chi connectivity index (χ3n) is 3.57. The second kappa shape index (κ2) is 11.1. The van der Waals surface area contributed by atoms with E-state index < -0.39 is 27.3 Å². The molecule has 0 radical (unpaired) electrons. The molecule has 1 heterocycles. The summed E-state index contributed by atoms with van der Waals surface area (Å²) < 4.78 is 26.5. The van der Waals surface area contributed by atoms with E-state index >= 15 is 0 Å². The second-order valence-corrected chi connectivity index (χ2v) is 9.27. The predicted molar refractivity (Wildman–Crippen MR) is 98.2 cm³/mol. The summed E-state index contributed by atoms with van der Waals surface area (Å²) in [5.74, 6) is 0. The van der Waals surface area contributed by atoms with Crippen LogP contribution in [0.15, 0.2) is 0 Å². The molecule has 1 aliphatic heterocycles. The first kappa shape index (κ1) is 22.3. The lowest BCUT2D eigenvalue weighted by atomic mass is 10.2. The highest BCUT2D eigenvalue weighted by atomic mass is 31.2. The van der Waals surface area contributed by atoms with Crippen molar-refractivity contribution in [2.24, 2.45) is 5.73 Å². The highest BCUT2D eigenvalue weighted by molar-refractivity contribution is 7.58. The quantitative estimate of drug-likeness (QED) is 0.324. The van der Waals surface area contributed by atoms with Crippen LogP contribution in [0.1, 0.15) is 32.1 Å². The van der Waals surface area contributed by atoms with Gasteiger partial charge >= 0.3 is 0 Å². The van der Waals surface area contributed by atoms with Crippen LogP contribution in [-0.4, -0.2) is 68.1 Å². The number of ether oxygens (including phenoxy) is 1. The van der Waals surface area contributed by atoms with Gasteiger partial charge in [-0.15, -0.1) is 0 Å². The molecular weight excluding hydrogens is 356 g/mol. The van der Waals surface area contributed by atoms with Gasteiger partial charge in [0.25, 0.3) is 0 Å². The van der Waals surface area contributed by atoms with Gasteiger partial charge in [-0.05, 0) is 32.0 Å². The van der Waals surface area contributed by atoms with Gasteiger partial charge in [-0.1, -0.05) is 12.8 Å². The Morgan fingerprint density at radius 1 is 1.12 bits per heavy atom. The number of unbranched alkanes of at least 4 members (excludes halogenated alkanes) is 3. The Balaban J connectivity index is 2.33. The van der Waals surface area contributed by atoms with Gasteiger partial charge in [-0.3, -0.25) is 0 Å². The van der Waals surface area contributed by atoms with E-state index in [1.165, 1.54) is 7.11 Å². The minimum Gasteiger partial charge on any atom is -0.373 e. The molecule has 8 nitrogen and oxygen atoms in total. The molecule has 0 saturated carbocycles. The van der Waals surface area contributed by atoms with Crippen LogP contribution >= 0.6 is 15.1 Å². The van der Waals surface area contributed by atoms with Gasteiger partial charge in [0.05, 0.1) is 19.3 Å². The van der Waals surface area contributed by atoms with Crippen molar-refractivity contribution in [1.82, 2.24) is 0 Å². The van der Waals surface area contributed by atoms with Gasteiger partial charge in [-0.25, -0.2) is 0 Å². The van der Waals surface area contributed by atoms with E-state index in [4.69, 9.17) is 28.6 Å². The van der Waals surface area contributed by atoms with Crippen LogP contribution in [0.5, 0.6) is 0 Å². The normalized spacial score (nSPS) is 26.2. The van der Waals surface area contributed by atoms with Crippen molar-refractivity contribution in [2.75, 3.05) is 33.5 Å². The largest absolute Gasteiger partial charge is 0.373 e. The average Bonchev–Trinajstić information content (AvgIpc) is 2.95. The van der Waals surface area contributed by atoms with E-state index in [9.17, 15) is 9.79 Å². The van der Waals surface area contributed by atoms with Gasteiger partial charge in [0, 0.05) is 20.1 Å². The summed E-state index contributed by atoms with van der Waals surface area (Å²) >= 11 is 0. The fraction of sp³-hybridized carbons (Fsp3) is 0.857. The summed E-state index contributed by atoms with van der Waals surface area (Å²) in [4.78, 5) is 19.9. The highest BCUT2D eigenvalue weighted by Gasteiger charge is 2.34. The zero-order valence-corrected chi connectivity index (χ0v) is 16.1. The average molecular weight is 387 g/mol. The predicted octanol–water partition coefficient (Wildman–Crippen LogP) is 1.73. The Morgan fingerprint density at radius 3 is 2.50 bits per heavy atom. The van der Waals surface area contributed by atoms with Crippen molar-refractivity contribution in [2.45, 2.75) is 44.3 Å². The van der Waals surface area contributed by atoms with E-state index in [-0.39, 0.29) is 6.61 Å². The molecule has 0 amide bonds. The van der Waals surface area contributed by atoms with Crippen molar-refractivity contribution >= 4 is 27.7 Å². The summed E-state index contributed by atoms with van der Waals surface area (Å²) in [5, 5.41) is 0. The summed E-state index contributed by atoms with van der Waals surface area (Å²) in [6.07, 6.45) is 10.7. The minimum atomic E-state index is -3.17. The van der Waals surface area contributed by atoms with E-state index in [1.54, 1.807) is 0 Å². The number of hydrogen-bond donors (Lipinski definition) is 3. The standard InChI is InChI=1S/C14H31NO7P2/c1-18-23(2,16)21-12-14-13(8-11-19-14)22-24(3,17)20-10-7-5-4-6-9-15/h13-14,16-17H,2-12,15H2,1H3. The maximum atomic E-state index is 10.2. The number of rotatable bonds is 13. The van der Waals surface area contributed by atoms with Crippen molar-refractivity contribution in [3.8, 4) is 0 Å². The zero-order valence-electron chi connectivity index (χ0n) is 14.3. The Labute approximate surface area is 144 Å². The van der Waals surface area contributed by atoms with Crippen LogP contribution < -0.4 is 5.73 Å². The Morgan fingerprint density at radius 2 is 1.83 bits per heavy atom. The lowest BCUT2D eigenvalue weighted by Crippen LogP contribution is -2.28. The first-order valence-electron chi connectivity index (χ1n) is 8.07. The molecule has 1 aliphatic rings. The molecule has 0 aliphatic carbocycles. The Kier molecular flexibility index (Phi) is 10.3. The number of nitrogens with two attached hydrogens (primary N) is 1. The summed E-state index contributed by atoms with van der Waals surface area (Å²) in [6.45, 7) is 1.61. The van der Waals surface area contributed by atoms with Gasteiger partial charge in [0.15, 0.2) is 0 Å². The molecule has 24 heavy (non-hydrogen) atoms. The first-order valence-corrected chi connectivity index (χ1v) is 11.6. The molecule has 0 aromatic heterocycles. The second-order valence-electron chi connectivity index (χ2n) is 5.63. The molecule has 1 saturated heterocycles. The molecule has 0 bridgehead atoms. The van der Waals surface area contributed by atoms with Gasteiger partial charge in [0.1, 0.15) is 6.10 Å². The zero-order chi connectivity index (χ0) is 18.1. The van der Waals surface area contributed by atoms with Gasteiger partial charge in [-0.2, -0.15) is 0 Å². The smallest absolute Gasteiger partial charge is 0.248 e. The molecule has 0 aromatic rings. The molecule has 144 valence electrons. The lowest BCUT2D eigenvalue weighted by Gasteiger charge is -2.26. The SMILES string of the molecule is C=P(O)(OC)OCC1OCCC1OP(=C)(O)OCCCCCCN. The van der Waals surface area contributed by atoms with Crippen molar-refractivity contribution in [3.05, 3.63) is 0 Å².